The fraction of sp³-hybridized carbons (Fsp3) is 0.259. The van der Waals surface area contributed by atoms with Crippen LogP contribution in [0.1, 0.15) is 23.6 Å². The van der Waals surface area contributed by atoms with Gasteiger partial charge >= 0.3 is 12.1 Å². The highest BCUT2D eigenvalue weighted by Gasteiger charge is 2.63. The summed E-state index contributed by atoms with van der Waals surface area (Å²) in [5.74, 6) is 0.286. The van der Waals surface area contributed by atoms with E-state index in [0.29, 0.717) is 13.1 Å². The van der Waals surface area contributed by atoms with E-state index in [2.05, 4.69) is 6.92 Å². The van der Waals surface area contributed by atoms with Gasteiger partial charge in [0, 0.05) is 5.56 Å². The molecule has 3 aromatic rings. The van der Waals surface area contributed by atoms with Crippen molar-refractivity contribution in [2.75, 3.05) is 6.54 Å². The largest absolute Gasteiger partial charge is 0.519 e. The van der Waals surface area contributed by atoms with E-state index in [4.69, 9.17) is 14.6 Å². The van der Waals surface area contributed by atoms with Gasteiger partial charge in [0.1, 0.15) is 31.2 Å². The van der Waals surface area contributed by atoms with Crippen LogP contribution in [0, 0.1) is 5.92 Å². The number of phenols is 1. The number of aliphatic carboxylic acids is 1. The van der Waals surface area contributed by atoms with E-state index in [9.17, 15) is 14.7 Å². The van der Waals surface area contributed by atoms with Crippen LogP contribution in [0.4, 0.5) is 4.79 Å². The van der Waals surface area contributed by atoms with Gasteiger partial charge in [0.2, 0.25) is 0 Å². The Morgan fingerprint density at radius 2 is 1.79 bits per heavy atom. The number of quaternary nitrogens is 1. The second-order valence-electron chi connectivity index (χ2n) is 9.17. The van der Waals surface area contributed by atoms with Gasteiger partial charge in [0.25, 0.3) is 6.23 Å². The Morgan fingerprint density at radius 1 is 1.03 bits per heavy atom. The Balaban J connectivity index is 1.38. The number of amides is 1. The van der Waals surface area contributed by atoms with E-state index in [1.807, 2.05) is 36.4 Å². The van der Waals surface area contributed by atoms with Gasteiger partial charge in [0.05, 0.1) is 12.3 Å². The maximum atomic E-state index is 13.2. The smallest absolute Gasteiger partial charge is 0.508 e. The minimum absolute atomic E-state index is 0.0334. The predicted octanol–water partition coefficient (Wildman–Crippen LogP) is 4.71. The summed E-state index contributed by atoms with van der Waals surface area (Å²) in [6.07, 6.45) is -0.644. The van der Waals surface area contributed by atoms with Gasteiger partial charge in [-0.3, -0.25) is 4.79 Å². The molecule has 2 aliphatic rings. The standard InChI is InChI=1S/C27H25NO6/c1-17-14-28(27(32)33-16-18-5-8-23(29)9-6-18)15-22-13-21(7-10-24(22)34-26(17)28)20-4-2-3-19(11-20)12-25(30)31/h2-11,13,17,26H,12,14-16H2,1H3,(H-,29,30,31)/p+1. The molecule has 0 radical (unpaired) electrons. The molecule has 0 aromatic heterocycles. The molecule has 3 unspecified atom stereocenters. The molecule has 2 heterocycles. The Labute approximate surface area is 197 Å². The number of carboxylic acid groups (broad SMARTS) is 1. The zero-order valence-electron chi connectivity index (χ0n) is 18.8. The molecule has 3 atom stereocenters. The van der Waals surface area contributed by atoms with E-state index >= 15 is 0 Å². The number of benzene rings is 3. The molecule has 5 rings (SSSR count). The third-order valence-electron chi connectivity index (χ3n) is 6.63. The first-order valence-corrected chi connectivity index (χ1v) is 11.3. The first kappa shape index (κ1) is 22.0. The monoisotopic (exact) mass is 460 g/mol. The summed E-state index contributed by atoms with van der Waals surface area (Å²) in [5, 5.41) is 18.6. The lowest BCUT2D eigenvalue weighted by Gasteiger charge is -2.53. The summed E-state index contributed by atoms with van der Waals surface area (Å²) < 4.78 is 12.0. The van der Waals surface area contributed by atoms with E-state index in [1.165, 1.54) is 0 Å². The number of carboxylic acids is 1. The molecule has 7 heteroatoms. The number of phenolic OH excluding ortho intramolecular Hbond substituents is 1. The third kappa shape index (κ3) is 3.99. The highest BCUT2D eigenvalue weighted by molar-refractivity contribution is 5.72. The third-order valence-corrected chi connectivity index (χ3v) is 6.63. The van der Waals surface area contributed by atoms with Crippen molar-refractivity contribution < 1.29 is 33.8 Å². The lowest BCUT2D eigenvalue weighted by atomic mass is 9.90. The predicted molar refractivity (Wildman–Crippen MR) is 124 cm³/mol. The molecule has 1 amide bonds. The average Bonchev–Trinajstić information content (AvgIpc) is 2.81. The maximum absolute atomic E-state index is 13.2. The molecule has 3 aromatic carbocycles. The number of carbonyl (C=O) groups is 2. The molecular weight excluding hydrogens is 434 g/mol. The van der Waals surface area contributed by atoms with Gasteiger partial charge in [-0.1, -0.05) is 42.5 Å². The molecule has 0 aliphatic carbocycles. The lowest BCUT2D eigenvalue weighted by molar-refractivity contribution is -0.970. The van der Waals surface area contributed by atoms with Crippen molar-refractivity contribution in [3.63, 3.8) is 0 Å². The molecule has 1 fully saturated rings. The Bertz CT molecular complexity index is 1250. The van der Waals surface area contributed by atoms with E-state index in [-0.39, 0.29) is 41.5 Å². The van der Waals surface area contributed by atoms with Crippen LogP contribution >= 0.6 is 0 Å². The van der Waals surface area contributed by atoms with E-state index in [0.717, 1.165) is 33.6 Å². The maximum Gasteiger partial charge on any atom is 0.519 e. The summed E-state index contributed by atoms with van der Waals surface area (Å²) >= 11 is 0. The van der Waals surface area contributed by atoms with Crippen molar-refractivity contribution in [1.29, 1.82) is 0 Å². The topological polar surface area (TPSA) is 93.1 Å². The zero-order chi connectivity index (χ0) is 23.9. The number of hydrogen-bond donors (Lipinski definition) is 2. The van der Waals surface area contributed by atoms with Crippen LogP contribution in [0.15, 0.2) is 66.7 Å². The van der Waals surface area contributed by atoms with Crippen molar-refractivity contribution in [3.8, 4) is 22.6 Å². The number of hydrogen-bond acceptors (Lipinski definition) is 5. The first-order chi connectivity index (χ1) is 16.3. The molecule has 2 N–H and O–H groups in total. The fourth-order valence-electron chi connectivity index (χ4n) is 5.00. The Hall–Kier alpha value is -3.84. The minimum Gasteiger partial charge on any atom is -0.508 e. The van der Waals surface area contributed by atoms with Crippen LogP contribution < -0.4 is 4.74 Å². The second-order valence-corrected chi connectivity index (χ2v) is 9.17. The molecule has 174 valence electrons. The van der Waals surface area contributed by atoms with E-state index < -0.39 is 5.97 Å². The Morgan fingerprint density at radius 3 is 2.53 bits per heavy atom. The highest BCUT2D eigenvalue weighted by atomic mass is 16.6. The molecule has 7 nitrogen and oxygen atoms in total. The number of rotatable bonds is 5. The van der Waals surface area contributed by atoms with E-state index in [1.54, 1.807) is 30.3 Å². The first-order valence-electron chi connectivity index (χ1n) is 11.3. The second kappa shape index (κ2) is 8.50. The molecule has 0 bridgehead atoms. The molecule has 0 saturated carbocycles. The van der Waals surface area contributed by atoms with Gasteiger partial charge in [-0.25, -0.2) is 0 Å². The fourth-order valence-corrected chi connectivity index (χ4v) is 5.00. The number of aromatic hydroxyl groups is 1. The summed E-state index contributed by atoms with van der Waals surface area (Å²) in [7, 11) is 0. The SMILES string of the molecule is CC1C[N+]2(C(=O)OCc3ccc(O)cc3)Cc3cc(-c4cccc(CC(=O)O)c4)ccc3OC12. The quantitative estimate of drug-likeness (QED) is 0.536. The molecule has 34 heavy (non-hydrogen) atoms. The van der Waals surface area contributed by atoms with Crippen molar-refractivity contribution in [2.24, 2.45) is 5.92 Å². The summed E-state index contributed by atoms with van der Waals surface area (Å²) in [4.78, 5) is 24.3. The number of nitrogens with zero attached hydrogens (tertiary/aromatic N) is 1. The summed E-state index contributed by atoms with van der Waals surface area (Å²) in [5.41, 5.74) is 4.32. The molecule has 1 saturated heterocycles. The van der Waals surface area contributed by atoms with Gasteiger partial charge < -0.3 is 19.7 Å². The molecule has 2 aliphatic heterocycles. The van der Waals surface area contributed by atoms with Crippen molar-refractivity contribution in [1.82, 2.24) is 0 Å². The summed E-state index contributed by atoms with van der Waals surface area (Å²) in [6, 6.07) is 20.0. The normalized spacial score (nSPS) is 22.5. The van der Waals surface area contributed by atoms with Crippen LogP contribution in [-0.2, 0) is 29.1 Å². The van der Waals surface area contributed by atoms with Crippen molar-refractivity contribution in [3.05, 3.63) is 83.4 Å². The Kier molecular flexibility index (Phi) is 5.49. The van der Waals surface area contributed by atoms with Crippen LogP contribution in [0.25, 0.3) is 11.1 Å². The summed E-state index contributed by atoms with van der Waals surface area (Å²) in [6.45, 7) is 3.31. The van der Waals surface area contributed by atoms with Crippen LogP contribution in [0.3, 0.4) is 0 Å². The van der Waals surface area contributed by atoms with Gasteiger partial charge in [-0.15, -0.1) is 0 Å². The average molecular weight is 461 g/mol. The van der Waals surface area contributed by atoms with Crippen molar-refractivity contribution in [2.45, 2.75) is 32.7 Å². The molecular formula is C27H26NO6+. The lowest BCUT2D eigenvalue weighted by Crippen LogP contribution is -2.75. The number of fused-ring (bicyclic) bond motifs is 2. The molecule has 0 spiro atoms. The number of carbonyl (C=O) groups excluding carboxylic acids is 1. The number of ether oxygens (including phenoxy) is 2. The van der Waals surface area contributed by atoms with Crippen molar-refractivity contribution >= 4 is 12.1 Å². The van der Waals surface area contributed by atoms with Crippen LogP contribution in [0.5, 0.6) is 11.5 Å². The van der Waals surface area contributed by atoms with Gasteiger partial charge in [0.15, 0.2) is 0 Å². The minimum atomic E-state index is -0.869. The van der Waals surface area contributed by atoms with Gasteiger partial charge in [-0.05, 0) is 53.4 Å². The van der Waals surface area contributed by atoms with Gasteiger partial charge in [-0.2, -0.15) is 9.28 Å². The zero-order valence-corrected chi connectivity index (χ0v) is 18.8. The highest BCUT2D eigenvalue weighted by Crippen LogP contribution is 2.45. The van der Waals surface area contributed by atoms with Crippen LogP contribution in [0.2, 0.25) is 0 Å². The van der Waals surface area contributed by atoms with Crippen LogP contribution in [-0.4, -0.2) is 39.5 Å².